The molecular weight excluding hydrogens is 262 g/mol. The Balaban J connectivity index is 1.85. The lowest BCUT2D eigenvalue weighted by Crippen LogP contribution is -2.46. The van der Waals surface area contributed by atoms with Crippen molar-refractivity contribution < 1.29 is 24.4 Å². The van der Waals surface area contributed by atoms with Crippen molar-refractivity contribution in [3.63, 3.8) is 0 Å². The van der Waals surface area contributed by atoms with E-state index in [2.05, 4.69) is 0 Å². The Morgan fingerprint density at radius 1 is 1.50 bits per heavy atom. The summed E-state index contributed by atoms with van der Waals surface area (Å²) in [4.78, 5) is 11.8. The van der Waals surface area contributed by atoms with E-state index in [1.165, 1.54) is 6.92 Å². The average Bonchev–Trinajstić information content (AvgIpc) is 2.92. The van der Waals surface area contributed by atoms with Gasteiger partial charge in [0.1, 0.15) is 6.61 Å². The van der Waals surface area contributed by atoms with E-state index in [9.17, 15) is 20.2 Å². The van der Waals surface area contributed by atoms with Crippen LogP contribution in [0.15, 0.2) is 0 Å². The zero-order chi connectivity index (χ0) is 15.0. The van der Waals surface area contributed by atoms with Crippen molar-refractivity contribution in [3.05, 3.63) is 5.21 Å². The first-order valence-corrected chi connectivity index (χ1v) is 7.45. The first kappa shape index (κ1) is 15.7. The minimum atomic E-state index is -1.54. The third kappa shape index (κ3) is 2.83. The van der Waals surface area contributed by atoms with Gasteiger partial charge in [-0.1, -0.05) is 6.92 Å². The lowest BCUT2D eigenvalue weighted by Gasteiger charge is -2.40. The highest BCUT2D eigenvalue weighted by atomic mass is 16.6. The fourth-order valence-electron chi connectivity index (χ4n) is 3.35. The fourth-order valence-corrected chi connectivity index (χ4v) is 3.35. The van der Waals surface area contributed by atoms with Gasteiger partial charge in [-0.25, -0.2) is 4.79 Å². The number of carbonyl (C=O) groups is 1. The molecule has 2 aliphatic heterocycles. The van der Waals surface area contributed by atoms with Crippen molar-refractivity contribution in [1.82, 2.24) is 0 Å². The van der Waals surface area contributed by atoms with Crippen LogP contribution >= 0.6 is 0 Å². The number of aliphatic hydroxyl groups is 2. The van der Waals surface area contributed by atoms with Gasteiger partial charge >= 0.3 is 5.97 Å². The summed E-state index contributed by atoms with van der Waals surface area (Å²) in [6.45, 7) is 4.53. The minimum absolute atomic E-state index is 0.0339. The summed E-state index contributed by atoms with van der Waals surface area (Å²) in [5, 5.41) is 32.0. The standard InChI is InChI=1S/C14H25NO5/c1-3-14(2,18)12(16)13(17)20-9-10-6-8-15(19)7-4-5-11(10)15/h10-12,16,18H,3-9H2,1-2H3. The number of nitrogens with zero attached hydrogens (tertiary/aromatic N) is 1. The summed E-state index contributed by atoms with van der Waals surface area (Å²) in [5.74, 6) is -0.719. The van der Waals surface area contributed by atoms with Crippen LogP contribution in [0.2, 0.25) is 0 Å². The van der Waals surface area contributed by atoms with Gasteiger partial charge in [-0.15, -0.1) is 0 Å². The van der Waals surface area contributed by atoms with E-state index in [1.807, 2.05) is 0 Å². The van der Waals surface area contributed by atoms with E-state index in [0.29, 0.717) is 13.1 Å². The Kier molecular flexibility index (Phi) is 4.39. The van der Waals surface area contributed by atoms with Crippen molar-refractivity contribution in [3.8, 4) is 0 Å². The fraction of sp³-hybridized carbons (Fsp3) is 0.929. The molecule has 2 saturated heterocycles. The average molecular weight is 287 g/mol. The van der Waals surface area contributed by atoms with Crippen LogP contribution in [0.3, 0.4) is 0 Å². The van der Waals surface area contributed by atoms with E-state index in [4.69, 9.17) is 4.74 Å². The second-order valence-corrected chi connectivity index (χ2v) is 6.40. The monoisotopic (exact) mass is 287 g/mol. The number of esters is 1. The third-order valence-electron chi connectivity index (χ3n) is 5.03. The molecule has 0 saturated carbocycles. The second kappa shape index (κ2) is 5.60. The first-order chi connectivity index (χ1) is 9.30. The van der Waals surface area contributed by atoms with Crippen LogP contribution in [-0.4, -0.2) is 58.3 Å². The SMILES string of the molecule is CCC(C)(O)C(O)C(=O)OCC1CC[N+]2([O-])CCCC12. The molecule has 20 heavy (non-hydrogen) atoms. The van der Waals surface area contributed by atoms with Gasteiger partial charge < -0.3 is 24.8 Å². The van der Waals surface area contributed by atoms with Gasteiger partial charge in [0, 0.05) is 19.3 Å². The zero-order valence-electron chi connectivity index (χ0n) is 12.2. The maximum absolute atomic E-state index is 12.4. The number of hydrogen-bond acceptors (Lipinski definition) is 5. The summed E-state index contributed by atoms with van der Waals surface area (Å²) in [5.41, 5.74) is -1.47. The van der Waals surface area contributed by atoms with Crippen LogP contribution in [0.25, 0.3) is 0 Å². The van der Waals surface area contributed by atoms with Crippen LogP contribution in [0.1, 0.15) is 39.5 Å². The second-order valence-electron chi connectivity index (χ2n) is 6.40. The molecule has 0 aromatic rings. The van der Waals surface area contributed by atoms with Gasteiger partial charge in [0.2, 0.25) is 0 Å². The quantitative estimate of drug-likeness (QED) is 0.438. The van der Waals surface area contributed by atoms with Gasteiger partial charge in [0.25, 0.3) is 0 Å². The van der Waals surface area contributed by atoms with E-state index < -0.39 is 17.7 Å². The Labute approximate surface area is 119 Å². The van der Waals surface area contributed by atoms with Crippen LogP contribution < -0.4 is 0 Å². The predicted molar refractivity (Wildman–Crippen MR) is 72.4 cm³/mol. The number of carbonyl (C=O) groups excluding carboxylic acids is 1. The van der Waals surface area contributed by atoms with Crippen LogP contribution in [0, 0.1) is 11.1 Å². The number of hydroxylamine groups is 3. The molecule has 0 aromatic carbocycles. The number of fused-ring (bicyclic) bond motifs is 1. The van der Waals surface area contributed by atoms with Crippen molar-refractivity contribution in [2.24, 2.45) is 5.92 Å². The molecule has 0 aliphatic carbocycles. The number of hydrogen-bond donors (Lipinski definition) is 2. The van der Waals surface area contributed by atoms with Gasteiger partial charge in [0.15, 0.2) is 6.10 Å². The molecule has 2 aliphatic rings. The molecule has 5 atom stereocenters. The summed E-state index contributed by atoms with van der Waals surface area (Å²) in [6, 6.07) is 0.0339. The maximum Gasteiger partial charge on any atom is 0.338 e. The number of quaternary nitrogens is 1. The largest absolute Gasteiger partial charge is 0.633 e. The highest BCUT2D eigenvalue weighted by molar-refractivity contribution is 5.75. The van der Waals surface area contributed by atoms with Gasteiger partial charge in [-0.3, -0.25) is 0 Å². The molecule has 2 heterocycles. The predicted octanol–water partition coefficient (Wildman–Crippen LogP) is 0.548. The van der Waals surface area contributed by atoms with Crippen molar-refractivity contribution in [2.45, 2.75) is 57.3 Å². The molecule has 6 nitrogen and oxygen atoms in total. The van der Waals surface area contributed by atoms with Gasteiger partial charge in [0.05, 0.1) is 30.7 Å². The summed E-state index contributed by atoms with van der Waals surface area (Å²) in [6.07, 6.45) is 1.31. The molecule has 116 valence electrons. The lowest BCUT2D eigenvalue weighted by molar-refractivity contribution is -0.881. The molecule has 0 bridgehead atoms. The van der Waals surface area contributed by atoms with E-state index in [-0.39, 0.29) is 29.6 Å². The number of aliphatic hydroxyl groups excluding tert-OH is 1. The minimum Gasteiger partial charge on any atom is -0.633 e. The third-order valence-corrected chi connectivity index (χ3v) is 5.03. The van der Waals surface area contributed by atoms with Crippen molar-refractivity contribution in [1.29, 1.82) is 0 Å². The van der Waals surface area contributed by atoms with Crippen molar-refractivity contribution in [2.75, 3.05) is 19.7 Å². The number of rotatable bonds is 5. The van der Waals surface area contributed by atoms with E-state index >= 15 is 0 Å². The summed E-state index contributed by atoms with van der Waals surface area (Å²) >= 11 is 0. The highest BCUT2D eigenvalue weighted by Crippen LogP contribution is 2.39. The summed E-state index contributed by atoms with van der Waals surface area (Å²) < 4.78 is 4.99. The molecule has 0 spiro atoms. The molecule has 2 rings (SSSR count). The first-order valence-electron chi connectivity index (χ1n) is 7.45. The molecule has 5 unspecified atom stereocenters. The highest BCUT2D eigenvalue weighted by Gasteiger charge is 2.46. The Hall–Kier alpha value is -0.690. The Morgan fingerprint density at radius 3 is 2.85 bits per heavy atom. The maximum atomic E-state index is 12.4. The molecular formula is C14H25NO5. The molecule has 2 fully saturated rings. The smallest absolute Gasteiger partial charge is 0.338 e. The van der Waals surface area contributed by atoms with Gasteiger partial charge in [-0.2, -0.15) is 0 Å². The lowest BCUT2D eigenvalue weighted by atomic mass is 9.96. The molecule has 0 amide bonds. The van der Waals surface area contributed by atoms with Crippen LogP contribution in [0.4, 0.5) is 0 Å². The topological polar surface area (TPSA) is 89.8 Å². The molecule has 2 N–H and O–H groups in total. The normalized spacial score (nSPS) is 37.2. The van der Waals surface area contributed by atoms with E-state index in [0.717, 1.165) is 19.3 Å². The summed E-state index contributed by atoms with van der Waals surface area (Å²) in [7, 11) is 0. The molecule has 0 radical (unpaired) electrons. The van der Waals surface area contributed by atoms with E-state index in [1.54, 1.807) is 6.92 Å². The molecule has 6 heteroatoms. The van der Waals surface area contributed by atoms with Crippen LogP contribution in [0.5, 0.6) is 0 Å². The Bertz CT molecular complexity index is 373. The van der Waals surface area contributed by atoms with Gasteiger partial charge in [-0.05, 0) is 13.3 Å². The zero-order valence-corrected chi connectivity index (χ0v) is 12.2. The Morgan fingerprint density at radius 2 is 2.20 bits per heavy atom. The number of ether oxygens (including phenoxy) is 1. The molecule has 0 aromatic heterocycles. The van der Waals surface area contributed by atoms with Crippen LogP contribution in [-0.2, 0) is 9.53 Å². The van der Waals surface area contributed by atoms with Crippen molar-refractivity contribution >= 4 is 5.97 Å².